The fourth-order valence-electron chi connectivity index (χ4n) is 2.00. The number of rotatable bonds is 2. The second kappa shape index (κ2) is 5.01. The van der Waals surface area contributed by atoms with Gasteiger partial charge in [-0.05, 0) is 25.2 Å². The van der Waals surface area contributed by atoms with Crippen LogP contribution in [0, 0.1) is 0 Å². The number of nitrogens with zero attached hydrogens (tertiary/aromatic N) is 3. The van der Waals surface area contributed by atoms with Crippen LogP contribution < -0.4 is 5.43 Å². The number of benzene rings is 1. The lowest BCUT2D eigenvalue weighted by Crippen LogP contribution is -2.46. The Morgan fingerprint density at radius 3 is 2.83 bits per heavy atom. The zero-order chi connectivity index (χ0) is 12.5. The number of thiazole rings is 1. The molecule has 1 aliphatic rings. The van der Waals surface area contributed by atoms with Crippen molar-refractivity contribution >= 4 is 38.3 Å². The predicted octanol–water partition coefficient (Wildman–Crippen LogP) is 2.52. The highest BCUT2D eigenvalue weighted by Gasteiger charge is 2.14. The standard InChI is InChI=1S/C12H15ClN4S/c1-16-4-6-17(7-5-16)15-12-14-10-8-9(13)2-3-11(10)18-12/h2-3,8H,4-7H2,1H3,(H,14,15). The zero-order valence-corrected chi connectivity index (χ0v) is 11.8. The molecule has 1 fully saturated rings. The third kappa shape index (κ3) is 2.59. The molecule has 96 valence electrons. The van der Waals surface area contributed by atoms with Gasteiger partial charge in [0.15, 0.2) is 5.13 Å². The summed E-state index contributed by atoms with van der Waals surface area (Å²) in [5, 5.41) is 3.90. The van der Waals surface area contributed by atoms with Gasteiger partial charge in [-0.1, -0.05) is 22.9 Å². The smallest absolute Gasteiger partial charge is 0.198 e. The summed E-state index contributed by atoms with van der Waals surface area (Å²) < 4.78 is 1.16. The number of hydrazine groups is 1. The van der Waals surface area contributed by atoms with Crippen molar-refractivity contribution in [1.82, 2.24) is 14.9 Å². The maximum atomic E-state index is 5.96. The van der Waals surface area contributed by atoms with E-state index >= 15 is 0 Å². The van der Waals surface area contributed by atoms with Crippen LogP contribution in [0.2, 0.25) is 5.02 Å². The Kier molecular flexibility index (Phi) is 3.39. The molecule has 2 heterocycles. The number of nitrogens with one attached hydrogen (secondary N) is 1. The molecule has 1 aromatic carbocycles. The molecule has 6 heteroatoms. The molecule has 0 unspecified atom stereocenters. The van der Waals surface area contributed by atoms with E-state index < -0.39 is 0 Å². The van der Waals surface area contributed by atoms with Crippen LogP contribution in [0.25, 0.3) is 10.2 Å². The fraction of sp³-hybridized carbons (Fsp3) is 0.417. The van der Waals surface area contributed by atoms with Gasteiger partial charge in [-0.3, -0.25) is 5.43 Å². The van der Waals surface area contributed by atoms with Crippen molar-refractivity contribution in [2.75, 3.05) is 38.7 Å². The SMILES string of the molecule is CN1CCN(Nc2nc3cc(Cl)ccc3s2)CC1. The highest BCUT2D eigenvalue weighted by atomic mass is 35.5. The number of hydrogen-bond acceptors (Lipinski definition) is 5. The van der Waals surface area contributed by atoms with Crippen molar-refractivity contribution in [2.24, 2.45) is 0 Å². The van der Waals surface area contributed by atoms with E-state index in [9.17, 15) is 0 Å². The summed E-state index contributed by atoms with van der Waals surface area (Å²) >= 11 is 7.63. The van der Waals surface area contributed by atoms with E-state index in [2.05, 4.69) is 27.4 Å². The Balaban J connectivity index is 1.74. The maximum absolute atomic E-state index is 5.96. The van der Waals surface area contributed by atoms with Gasteiger partial charge < -0.3 is 4.90 Å². The fourth-order valence-corrected chi connectivity index (χ4v) is 3.04. The van der Waals surface area contributed by atoms with Gasteiger partial charge in [-0.25, -0.2) is 9.99 Å². The van der Waals surface area contributed by atoms with Gasteiger partial charge in [0.05, 0.1) is 10.2 Å². The molecular formula is C12H15ClN4S. The summed E-state index contributed by atoms with van der Waals surface area (Å²) in [7, 11) is 2.15. The molecule has 0 spiro atoms. The monoisotopic (exact) mass is 282 g/mol. The van der Waals surface area contributed by atoms with Gasteiger partial charge in [0.2, 0.25) is 0 Å². The molecule has 0 saturated carbocycles. The van der Waals surface area contributed by atoms with Crippen molar-refractivity contribution in [3.63, 3.8) is 0 Å². The highest BCUT2D eigenvalue weighted by Crippen LogP contribution is 2.28. The average molecular weight is 283 g/mol. The average Bonchev–Trinajstić information content (AvgIpc) is 2.73. The van der Waals surface area contributed by atoms with Gasteiger partial charge in [-0.2, -0.15) is 0 Å². The molecule has 1 aromatic heterocycles. The van der Waals surface area contributed by atoms with Crippen LogP contribution in [0.3, 0.4) is 0 Å². The molecule has 4 nitrogen and oxygen atoms in total. The largest absolute Gasteiger partial charge is 0.304 e. The minimum atomic E-state index is 0.735. The Morgan fingerprint density at radius 2 is 2.06 bits per heavy atom. The summed E-state index contributed by atoms with van der Waals surface area (Å²) in [6.45, 7) is 4.22. The van der Waals surface area contributed by atoms with Crippen LogP contribution in [0.4, 0.5) is 5.13 Å². The summed E-state index contributed by atoms with van der Waals surface area (Å²) in [5.41, 5.74) is 4.34. The second-order valence-electron chi connectivity index (χ2n) is 4.53. The number of anilines is 1. The topological polar surface area (TPSA) is 31.4 Å². The number of hydrogen-bond donors (Lipinski definition) is 1. The molecule has 0 radical (unpaired) electrons. The Morgan fingerprint density at radius 1 is 1.28 bits per heavy atom. The lowest BCUT2D eigenvalue weighted by molar-refractivity contribution is 0.179. The molecule has 1 saturated heterocycles. The Labute approximate surface area is 115 Å². The van der Waals surface area contributed by atoms with Crippen LogP contribution in [-0.2, 0) is 0 Å². The molecule has 18 heavy (non-hydrogen) atoms. The van der Waals surface area contributed by atoms with Crippen LogP contribution >= 0.6 is 22.9 Å². The van der Waals surface area contributed by atoms with E-state index in [1.54, 1.807) is 11.3 Å². The lowest BCUT2D eigenvalue weighted by Gasteiger charge is -2.32. The molecule has 3 rings (SSSR count). The molecule has 0 atom stereocenters. The molecule has 0 amide bonds. The first kappa shape index (κ1) is 12.2. The summed E-state index contributed by atoms with van der Waals surface area (Å²) in [6.07, 6.45) is 0. The van der Waals surface area contributed by atoms with Crippen molar-refractivity contribution in [2.45, 2.75) is 0 Å². The summed E-state index contributed by atoms with van der Waals surface area (Å²) in [6, 6.07) is 5.83. The van der Waals surface area contributed by atoms with E-state index in [1.807, 2.05) is 18.2 Å². The van der Waals surface area contributed by atoms with Crippen LogP contribution in [0.15, 0.2) is 18.2 Å². The van der Waals surface area contributed by atoms with Crippen LogP contribution in [-0.4, -0.2) is 48.1 Å². The molecular weight excluding hydrogens is 268 g/mol. The highest BCUT2D eigenvalue weighted by molar-refractivity contribution is 7.22. The summed E-state index contributed by atoms with van der Waals surface area (Å²) in [4.78, 5) is 6.88. The Hall–Kier alpha value is -0.880. The normalized spacial score (nSPS) is 18.3. The van der Waals surface area contributed by atoms with Gasteiger partial charge in [0.1, 0.15) is 0 Å². The van der Waals surface area contributed by atoms with Gasteiger partial charge >= 0.3 is 0 Å². The van der Waals surface area contributed by atoms with Crippen molar-refractivity contribution < 1.29 is 0 Å². The minimum absolute atomic E-state index is 0.735. The zero-order valence-electron chi connectivity index (χ0n) is 10.2. The maximum Gasteiger partial charge on any atom is 0.198 e. The van der Waals surface area contributed by atoms with Gasteiger partial charge in [0, 0.05) is 31.2 Å². The van der Waals surface area contributed by atoms with Gasteiger partial charge in [0.25, 0.3) is 0 Å². The Bertz CT molecular complexity index is 548. The summed E-state index contributed by atoms with van der Waals surface area (Å²) in [5.74, 6) is 0. The van der Waals surface area contributed by atoms with Crippen LogP contribution in [0.1, 0.15) is 0 Å². The minimum Gasteiger partial charge on any atom is -0.304 e. The quantitative estimate of drug-likeness (QED) is 0.917. The lowest BCUT2D eigenvalue weighted by atomic mass is 10.3. The number of piperazine rings is 1. The third-order valence-electron chi connectivity index (χ3n) is 3.11. The third-order valence-corrected chi connectivity index (χ3v) is 4.28. The van der Waals surface area contributed by atoms with Crippen molar-refractivity contribution in [1.29, 1.82) is 0 Å². The molecule has 2 aromatic rings. The number of aromatic nitrogens is 1. The first-order chi connectivity index (χ1) is 8.70. The van der Waals surface area contributed by atoms with E-state index in [0.717, 1.165) is 46.5 Å². The molecule has 0 aliphatic carbocycles. The van der Waals surface area contributed by atoms with E-state index in [1.165, 1.54) is 0 Å². The molecule has 1 N–H and O–H groups in total. The van der Waals surface area contributed by atoms with E-state index in [4.69, 9.17) is 11.6 Å². The number of fused-ring (bicyclic) bond motifs is 1. The van der Waals surface area contributed by atoms with E-state index in [-0.39, 0.29) is 0 Å². The van der Waals surface area contributed by atoms with Crippen molar-refractivity contribution in [3.8, 4) is 0 Å². The first-order valence-electron chi connectivity index (χ1n) is 5.97. The molecule has 0 bridgehead atoms. The molecule has 1 aliphatic heterocycles. The predicted molar refractivity (Wildman–Crippen MR) is 77.3 cm³/mol. The van der Waals surface area contributed by atoms with Crippen molar-refractivity contribution in [3.05, 3.63) is 23.2 Å². The second-order valence-corrected chi connectivity index (χ2v) is 6.00. The van der Waals surface area contributed by atoms with Crippen LogP contribution in [0.5, 0.6) is 0 Å². The van der Waals surface area contributed by atoms with E-state index in [0.29, 0.717) is 0 Å². The number of halogens is 1. The number of likely N-dealkylation sites (N-methyl/N-ethyl adjacent to an activating group) is 1. The van der Waals surface area contributed by atoms with Gasteiger partial charge in [-0.15, -0.1) is 0 Å². The first-order valence-corrected chi connectivity index (χ1v) is 7.16.